The molecule has 0 heterocycles. The molecule has 0 saturated carbocycles. The topological polar surface area (TPSA) is 55.4 Å². The highest BCUT2D eigenvalue weighted by Gasteiger charge is 2.13. The number of anilines is 1. The van der Waals surface area contributed by atoms with Gasteiger partial charge in [0.25, 0.3) is 5.91 Å². The number of carbonyl (C=O) groups is 2. The van der Waals surface area contributed by atoms with E-state index in [0.29, 0.717) is 11.3 Å². The van der Waals surface area contributed by atoms with Crippen molar-refractivity contribution in [2.24, 2.45) is 0 Å². The standard InChI is InChI=1S/C16H13ClFNO3/c1-2-22-16(21)13-8-7-12(9-14(13)17)19-15(20)10-3-5-11(18)6-4-10/h3-9H,2H2,1H3,(H,19,20). The molecule has 0 aliphatic rings. The van der Waals surface area contributed by atoms with Gasteiger partial charge in [-0.3, -0.25) is 4.79 Å². The van der Waals surface area contributed by atoms with E-state index in [-0.39, 0.29) is 17.2 Å². The van der Waals surface area contributed by atoms with Crippen molar-refractivity contribution < 1.29 is 18.7 Å². The van der Waals surface area contributed by atoms with Crippen molar-refractivity contribution in [3.8, 4) is 0 Å². The summed E-state index contributed by atoms with van der Waals surface area (Å²) in [5.74, 6) is -1.35. The second-order valence-corrected chi connectivity index (χ2v) is 4.78. The van der Waals surface area contributed by atoms with Gasteiger partial charge in [0.05, 0.1) is 17.2 Å². The highest BCUT2D eigenvalue weighted by molar-refractivity contribution is 6.34. The van der Waals surface area contributed by atoms with Crippen molar-refractivity contribution in [3.63, 3.8) is 0 Å². The first kappa shape index (κ1) is 16.0. The van der Waals surface area contributed by atoms with Crippen molar-refractivity contribution in [2.75, 3.05) is 11.9 Å². The molecule has 2 rings (SSSR count). The summed E-state index contributed by atoms with van der Waals surface area (Å²) in [6, 6.07) is 9.62. The molecule has 0 radical (unpaired) electrons. The summed E-state index contributed by atoms with van der Waals surface area (Å²) >= 11 is 6.01. The zero-order valence-corrected chi connectivity index (χ0v) is 12.5. The van der Waals surface area contributed by atoms with Crippen LogP contribution in [0.5, 0.6) is 0 Å². The van der Waals surface area contributed by atoms with Crippen molar-refractivity contribution in [2.45, 2.75) is 6.92 Å². The molecular weight excluding hydrogens is 309 g/mol. The lowest BCUT2D eigenvalue weighted by Crippen LogP contribution is -2.12. The Morgan fingerprint density at radius 3 is 2.45 bits per heavy atom. The van der Waals surface area contributed by atoms with Gasteiger partial charge in [0, 0.05) is 11.3 Å². The quantitative estimate of drug-likeness (QED) is 0.869. The van der Waals surface area contributed by atoms with Gasteiger partial charge in [-0.25, -0.2) is 9.18 Å². The average molecular weight is 322 g/mol. The zero-order valence-electron chi connectivity index (χ0n) is 11.7. The van der Waals surface area contributed by atoms with Gasteiger partial charge in [0.2, 0.25) is 0 Å². The molecule has 0 aromatic heterocycles. The number of benzene rings is 2. The van der Waals surface area contributed by atoms with Crippen LogP contribution in [-0.4, -0.2) is 18.5 Å². The second-order valence-electron chi connectivity index (χ2n) is 4.38. The minimum atomic E-state index is -0.524. The first-order valence-corrected chi connectivity index (χ1v) is 6.92. The Morgan fingerprint density at radius 1 is 1.18 bits per heavy atom. The number of nitrogens with one attached hydrogen (secondary N) is 1. The van der Waals surface area contributed by atoms with Gasteiger partial charge < -0.3 is 10.1 Å². The molecule has 0 unspecified atom stereocenters. The summed E-state index contributed by atoms with van der Waals surface area (Å²) in [5.41, 5.74) is 0.961. The SMILES string of the molecule is CCOC(=O)c1ccc(NC(=O)c2ccc(F)cc2)cc1Cl. The van der Waals surface area contributed by atoms with Crippen LogP contribution in [0.2, 0.25) is 5.02 Å². The van der Waals surface area contributed by atoms with Gasteiger partial charge in [0.1, 0.15) is 5.82 Å². The first-order chi connectivity index (χ1) is 10.5. The van der Waals surface area contributed by atoms with E-state index < -0.39 is 17.7 Å². The molecule has 0 atom stereocenters. The van der Waals surface area contributed by atoms with E-state index in [9.17, 15) is 14.0 Å². The fraction of sp³-hybridized carbons (Fsp3) is 0.125. The molecule has 2 aromatic carbocycles. The lowest BCUT2D eigenvalue weighted by Gasteiger charge is -2.08. The maximum Gasteiger partial charge on any atom is 0.339 e. The summed E-state index contributed by atoms with van der Waals surface area (Å²) < 4.78 is 17.7. The van der Waals surface area contributed by atoms with Gasteiger partial charge >= 0.3 is 5.97 Å². The van der Waals surface area contributed by atoms with Crippen LogP contribution in [0.3, 0.4) is 0 Å². The molecule has 0 fully saturated rings. The van der Waals surface area contributed by atoms with Crippen LogP contribution >= 0.6 is 11.6 Å². The molecule has 114 valence electrons. The number of halogens is 2. The first-order valence-electron chi connectivity index (χ1n) is 6.55. The smallest absolute Gasteiger partial charge is 0.339 e. The third kappa shape index (κ3) is 3.83. The number of ether oxygens (including phenoxy) is 1. The predicted octanol–water partition coefficient (Wildman–Crippen LogP) is 3.91. The molecule has 0 bridgehead atoms. The number of hydrogen-bond donors (Lipinski definition) is 1. The van der Waals surface area contributed by atoms with Gasteiger partial charge in [-0.2, -0.15) is 0 Å². The van der Waals surface area contributed by atoms with E-state index in [2.05, 4.69) is 5.32 Å². The number of hydrogen-bond acceptors (Lipinski definition) is 3. The van der Waals surface area contributed by atoms with Crippen LogP contribution in [0.1, 0.15) is 27.6 Å². The van der Waals surface area contributed by atoms with E-state index in [1.807, 2.05) is 0 Å². The number of carbonyl (C=O) groups excluding carboxylic acids is 2. The maximum atomic E-state index is 12.8. The largest absolute Gasteiger partial charge is 0.462 e. The van der Waals surface area contributed by atoms with Crippen LogP contribution in [-0.2, 0) is 4.74 Å². The Bertz CT molecular complexity index is 701. The molecule has 0 saturated heterocycles. The third-order valence-electron chi connectivity index (χ3n) is 2.83. The molecular formula is C16H13ClFNO3. The summed E-state index contributed by atoms with van der Waals surface area (Å²) in [5, 5.41) is 2.79. The maximum absolute atomic E-state index is 12.8. The number of rotatable bonds is 4. The summed E-state index contributed by atoms with van der Waals surface area (Å²) in [4.78, 5) is 23.6. The summed E-state index contributed by atoms with van der Waals surface area (Å²) in [7, 11) is 0. The summed E-state index contributed by atoms with van der Waals surface area (Å²) in [6.45, 7) is 1.95. The van der Waals surface area contributed by atoms with Crippen LogP contribution < -0.4 is 5.32 Å². The zero-order chi connectivity index (χ0) is 16.1. The molecule has 0 aliphatic heterocycles. The predicted molar refractivity (Wildman–Crippen MR) is 81.8 cm³/mol. The molecule has 2 aromatic rings. The molecule has 4 nitrogen and oxygen atoms in total. The molecule has 0 aliphatic carbocycles. The van der Waals surface area contributed by atoms with E-state index >= 15 is 0 Å². The Balaban J connectivity index is 2.13. The molecule has 22 heavy (non-hydrogen) atoms. The van der Waals surface area contributed by atoms with Crippen LogP contribution in [0.15, 0.2) is 42.5 Å². The Morgan fingerprint density at radius 2 is 1.86 bits per heavy atom. The molecule has 6 heteroatoms. The Labute approximate surface area is 131 Å². The van der Waals surface area contributed by atoms with E-state index in [0.717, 1.165) is 0 Å². The highest BCUT2D eigenvalue weighted by atomic mass is 35.5. The van der Waals surface area contributed by atoms with Gasteiger partial charge in [-0.15, -0.1) is 0 Å². The summed E-state index contributed by atoms with van der Waals surface area (Å²) in [6.07, 6.45) is 0. The molecule has 1 N–H and O–H groups in total. The van der Waals surface area contributed by atoms with Gasteiger partial charge in [0.15, 0.2) is 0 Å². The van der Waals surface area contributed by atoms with Crippen molar-refractivity contribution in [3.05, 3.63) is 64.4 Å². The van der Waals surface area contributed by atoms with E-state index in [1.54, 1.807) is 13.0 Å². The highest BCUT2D eigenvalue weighted by Crippen LogP contribution is 2.22. The lowest BCUT2D eigenvalue weighted by molar-refractivity contribution is 0.0526. The minimum Gasteiger partial charge on any atom is -0.462 e. The monoisotopic (exact) mass is 321 g/mol. The van der Waals surface area contributed by atoms with Gasteiger partial charge in [-0.05, 0) is 49.4 Å². The van der Waals surface area contributed by atoms with Crippen LogP contribution in [0.4, 0.5) is 10.1 Å². The number of esters is 1. The van der Waals surface area contributed by atoms with Crippen molar-refractivity contribution in [1.82, 2.24) is 0 Å². The normalized spacial score (nSPS) is 10.1. The van der Waals surface area contributed by atoms with Crippen LogP contribution in [0, 0.1) is 5.82 Å². The fourth-order valence-electron chi connectivity index (χ4n) is 1.77. The van der Waals surface area contributed by atoms with E-state index in [1.165, 1.54) is 36.4 Å². The Kier molecular flexibility index (Phi) is 5.12. The molecule has 1 amide bonds. The molecule has 0 spiro atoms. The van der Waals surface area contributed by atoms with Crippen LogP contribution in [0.25, 0.3) is 0 Å². The fourth-order valence-corrected chi connectivity index (χ4v) is 2.03. The second kappa shape index (κ2) is 7.04. The van der Waals surface area contributed by atoms with Crippen molar-refractivity contribution >= 4 is 29.2 Å². The third-order valence-corrected chi connectivity index (χ3v) is 3.14. The lowest BCUT2D eigenvalue weighted by atomic mass is 10.1. The average Bonchev–Trinajstić information content (AvgIpc) is 2.48. The van der Waals surface area contributed by atoms with Crippen molar-refractivity contribution in [1.29, 1.82) is 0 Å². The van der Waals surface area contributed by atoms with Gasteiger partial charge in [-0.1, -0.05) is 11.6 Å². The minimum absolute atomic E-state index is 0.176. The van der Waals surface area contributed by atoms with E-state index in [4.69, 9.17) is 16.3 Å². The Hall–Kier alpha value is -2.40. The number of amides is 1.